The zero-order chi connectivity index (χ0) is 12.4. The molecule has 0 bridgehead atoms. The summed E-state index contributed by atoms with van der Waals surface area (Å²) in [6.07, 6.45) is 5.09. The van der Waals surface area contributed by atoms with Crippen LogP contribution in [0.2, 0.25) is 0 Å². The lowest BCUT2D eigenvalue weighted by Crippen LogP contribution is -2.16. The Morgan fingerprint density at radius 2 is 2.06 bits per heavy atom. The molecule has 3 rings (SSSR count). The smallest absolute Gasteiger partial charge is 0.237 e. The number of pyridine rings is 1. The predicted octanol–water partition coefficient (Wildman–Crippen LogP) is 3.12. The molecule has 2 N–H and O–H groups in total. The van der Waals surface area contributed by atoms with E-state index in [0.717, 1.165) is 19.3 Å². The van der Waals surface area contributed by atoms with E-state index in [0.29, 0.717) is 11.6 Å². The Morgan fingerprint density at radius 1 is 1.17 bits per heavy atom. The van der Waals surface area contributed by atoms with Crippen LogP contribution in [0.4, 0.5) is 5.69 Å². The van der Waals surface area contributed by atoms with Crippen LogP contribution >= 0.6 is 0 Å². The third kappa shape index (κ3) is 2.04. The summed E-state index contributed by atoms with van der Waals surface area (Å²) in [5, 5.41) is 0. The summed E-state index contributed by atoms with van der Waals surface area (Å²) in [5.74, 6) is 0.541. The first-order valence-corrected chi connectivity index (χ1v) is 6.29. The maximum atomic E-state index is 5.98. The van der Waals surface area contributed by atoms with Gasteiger partial charge in [0.1, 0.15) is 6.10 Å². The van der Waals surface area contributed by atoms with Crippen molar-refractivity contribution in [2.24, 2.45) is 0 Å². The van der Waals surface area contributed by atoms with Crippen molar-refractivity contribution in [1.29, 1.82) is 0 Å². The van der Waals surface area contributed by atoms with E-state index in [-0.39, 0.29) is 6.10 Å². The molecule has 1 atom stereocenters. The fourth-order valence-corrected chi connectivity index (χ4v) is 2.47. The molecule has 0 saturated carbocycles. The monoisotopic (exact) mass is 240 g/mol. The van der Waals surface area contributed by atoms with Gasteiger partial charge in [0.25, 0.3) is 0 Å². The van der Waals surface area contributed by atoms with Gasteiger partial charge in [0, 0.05) is 6.20 Å². The van der Waals surface area contributed by atoms with Gasteiger partial charge in [-0.15, -0.1) is 0 Å². The van der Waals surface area contributed by atoms with E-state index in [1.54, 1.807) is 6.20 Å². The van der Waals surface area contributed by atoms with Gasteiger partial charge < -0.3 is 10.5 Å². The van der Waals surface area contributed by atoms with Crippen molar-refractivity contribution in [2.75, 3.05) is 5.73 Å². The highest BCUT2D eigenvalue weighted by atomic mass is 16.5. The first kappa shape index (κ1) is 11.1. The van der Waals surface area contributed by atoms with Crippen LogP contribution in [0, 0.1) is 0 Å². The van der Waals surface area contributed by atoms with Crippen molar-refractivity contribution in [2.45, 2.75) is 25.4 Å². The molecule has 92 valence electrons. The number of nitrogens with two attached hydrogens (primary N) is 1. The van der Waals surface area contributed by atoms with E-state index >= 15 is 0 Å². The molecule has 0 radical (unpaired) electrons. The molecule has 0 fully saturated rings. The van der Waals surface area contributed by atoms with E-state index in [9.17, 15) is 0 Å². The van der Waals surface area contributed by atoms with Crippen molar-refractivity contribution < 1.29 is 4.74 Å². The Balaban J connectivity index is 1.89. The van der Waals surface area contributed by atoms with Crippen LogP contribution < -0.4 is 10.5 Å². The Hall–Kier alpha value is -2.03. The molecule has 2 aromatic rings. The first-order chi connectivity index (χ1) is 8.84. The summed E-state index contributed by atoms with van der Waals surface area (Å²) in [5.41, 5.74) is 9.12. The number of fused-ring (bicyclic) bond motifs is 1. The largest absolute Gasteiger partial charge is 0.468 e. The number of anilines is 1. The third-order valence-corrected chi connectivity index (χ3v) is 3.37. The van der Waals surface area contributed by atoms with Gasteiger partial charge in [0.05, 0.1) is 5.69 Å². The molecule has 0 amide bonds. The standard InChI is InChI=1S/C15H16N2O/c16-13-8-4-10-17-15(13)18-14-9-3-6-11-5-1-2-7-12(11)14/h1-2,4-5,7-8,10,14H,3,6,9,16H2. The molecule has 1 aliphatic carbocycles. The van der Waals surface area contributed by atoms with Gasteiger partial charge in [-0.05, 0) is 42.5 Å². The number of rotatable bonds is 2. The lowest BCUT2D eigenvalue weighted by molar-refractivity contribution is 0.177. The molecular weight excluding hydrogens is 224 g/mol. The van der Waals surface area contributed by atoms with E-state index < -0.39 is 0 Å². The predicted molar refractivity (Wildman–Crippen MR) is 71.4 cm³/mol. The summed E-state index contributed by atoms with van der Waals surface area (Å²) in [6, 6.07) is 12.1. The zero-order valence-electron chi connectivity index (χ0n) is 10.2. The Bertz CT molecular complexity index is 554. The van der Waals surface area contributed by atoms with E-state index in [4.69, 9.17) is 10.5 Å². The second kappa shape index (κ2) is 4.69. The summed E-state index contributed by atoms with van der Waals surface area (Å²) >= 11 is 0. The number of aromatic nitrogens is 1. The highest BCUT2D eigenvalue weighted by molar-refractivity contribution is 5.47. The van der Waals surface area contributed by atoms with Crippen LogP contribution in [-0.4, -0.2) is 4.98 Å². The number of ether oxygens (including phenoxy) is 1. The highest BCUT2D eigenvalue weighted by Gasteiger charge is 2.22. The molecule has 1 heterocycles. The maximum Gasteiger partial charge on any atom is 0.237 e. The van der Waals surface area contributed by atoms with E-state index in [1.807, 2.05) is 12.1 Å². The van der Waals surface area contributed by atoms with E-state index in [2.05, 4.69) is 29.2 Å². The Kier molecular flexibility index (Phi) is 2.89. The van der Waals surface area contributed by atoms with Crippen LogP contribution in [0.15, 0.2) is 42.6 Å². The summed E-state index contributed by atoms with van der Waals surface area (Å²) in [6.45, 7) is 0. The number of nitrogen functional groups attached to an aromatic ring is 1. The molecule has 1 aromatic carbocycles. The number of nitrogens with zero attached hydrogens (tertiary/aromatic N) is 1. The minimum Gasteiger partial charge on any atom is -0.468 e. The topological polar surface area (TPSA) is 48.1 Å². The van der Waals surface area contributed by atoms with Crippen molar-refractivity contribution in [1.82, 2.24) is 4.98 Å². The van der Waals surface area contributed by atoms with Crippen LogP contribution in [0.5, 0.6) is 5.88 Å². The Morgan fingerprint density at radius 3 is 2.94 bits per heavy atom. The number of hydrogen-bond acceptors (Lipinski definition) is 3. The van der Waals surface area contributed by atoms with Crippen LogP contribution in [0.25, 0.3) is 0 Å². The molecule has 0 aliphatic heterocycles. The van der Waals surface area contributed by atoms with Crippen molar-refractivity contribution >= 4 is 5.69 Å². The van der Waals surface area contributed by atoms with Gasteiger partial charge in [-0.3, -0.25) is 0 Å². The molecule has 1 unspecified atom stereocenters. The van der Waals surface area contributed by atoms with Crippen LogP contribution in [0.1, 0.15) is 30.1 Å². The van der Waals surface area contributed by atoms with Gasteiger partial charge in [0.2, 0.25) is 5.88 Å². The summed E-state index contributed by atoms with van der Waals surface area (Å²) in [4.78, 5) is 4.20. The summed E-state index contributed by atoms with van der Waals surface area (Å²) < 4.78 is 5.98. The summed E-state index contributed by atoms with van der Waals surface area (Å²) in [7, 11) is 0. The second-order valence-electron chi connectivity index (χ2n) is 4.60. The van der Waals surface area contributed by atoms with Gasteiger partial charge in [-0.2, -0.15) is 0 Å². The molecule has 18 heavy (non-hydrogen) atoms. The van der Waals surface area contributed by atoms with Crippen molar-refractivity contribution in [3.05, 3.63) is 53.7 Å². The minimum absolute atomic E-state index is 0.0761. The third-order valence-electron chi connectivity index (χ3n) is 3.37. The average Bonchev–Trinajstić information content (AvgIpc) is 2.42. The zero-order valence-corrected chi connectivity index (χ0v) is 10.2. The highest BCUT2D eigenvalue weighted by Crippen LogP contribution is 2.34. The SMILES string of the molecule is Nc1cccnc1OC1CCCc2ccccc21. The molecule has 0 saturated heterocycles. The first-order valence-electron chi connectivity index (χ1n) is 6.29. The molecule has 1 aliphatic rings. The maximum absolute atomic E-state index is 5.98. The minimum atomic E-state index is 0.0761. The van der Waals surface area contributed by atoms with Gasteiger partial charge in [0.15, 0.2) is 0 Å². The van der Waals surface area contributed by atoms with Crippen molar-refractivity contribution in [3.8, 4) is 5.88 Å². The lowest BCUT2D eigenvalue weighted by Gasteiger charge is -2.26. The van der Waals surface area contributed by atoms with E-state index in [1.165, 1.54) is 11.1 Å². The lowest BCUT2D eigenvalue weighted by atomic mass is 9.89. The Labute approximate surface area is 107 Å². The van der Waals surface area contributed by atoms with Crippen LogP contribution in [-0.2, 0) is 6.42 Å². The fraction of sp³-hybridized carbons (Fsp3) is 0.267. The fourth-order valence-electron chi connectivity index (χ4n) is 2.47. The second-order valence-corrected chi connectivity index (χ2v) is 4.60. The number of hydrogen-bond donors (Lipinski definition) is 1. The normalized spacial score (nSPS) is 18.1. The molecule has 1 aromatic heterocycles. The molecule has 0 spiro atoms. The molecular formula is C15H16N2O. The van der Waals surface area contributed by atoms with Gasteiger partial charge in [-0.25, -0.2) is 4.98 Å². The quantitative estimate of drug-likeness (QED) is 0.877. The van der Waals surface area contributed by atoms with Gasteiger partial charge in [-0.1, -0.05) is 24.3 Å². The van der Waals surface area contributed by atoms with Gasteiger partial charge >= 0.3 is 0 Å². The average molecular weight is 240 g/mol. The van der Waals surface area contributed by atoms with Crippen LogP contribution in [0.3, 0.4) is 0 Å². The molecule has 3 nitrogen and oxygen atoms in total. The van der Waals surface area contributed by atoms with Crippen molar-refractivity contribution in [3.63, 3.8) is 0 Å². The molecule has 3 heteroatoms. The number of benzene rings is 1. The number of aryl methyl sites for hydroxylation is 1.